The SMILES string of the molecule is Cc1ccccc1CCCNCCCNC(C)(C)C. The van der Waals surface area contributed by atoms with E-state index in [1.807, 2.05) is 0 Å². The molecule has 108 valence electrons. The van der Waals surface area contributed by atoms with Gasteiger partial charge in [0.15, 0.2) is 0 Å². The molecule has 0 bridgehead atoms. The molecule has 0 atom stereocenters. The van der Waals surface area contributed by atoms with E-state index in [0.29, 0.717) is 0 Å². The second-order valence-electron chi connectivity index (χ2n) is 6.31. The molecule has 0 unspecified atom stereocenters. The molecule has 2 N–H and O–H groups in total. The van der Waals surface area contributed by atoms with Crippen LogP contribution < -0.4 is 10.6 Å². The lowest BCUT2D eigenvalue weighted by molar-refractivity contribution is 0.418. The van der Waals surface area contributed by atoms with Crippen molar-refractivity contribution in [2.75, 3.05) is 19.6 Å². The van der Waals surface area contributed by atoms with Crippen LogP contribution in [0, 0.1) is 6.92 Å². The minimum absolute atomic E-state index is 0.241. The number of nitrogens with one attached hydrogen (secondary N) is 2. The first-order valence-electron chi connectivity index (χ1n) is 7.49. The van der Waals surface area contributed by atoms with Gasteiger partial charge in [-0.2, -0.15) is 0 Å². The highest BCUT2D eigenvalue weighted by Crippen LogP contribution is 2.08. The van der Waals surface area contributed by atoms with E-state index in [9.17, 15) is 0 Å². The summed E-state index contributed by atoms with van der Waals surface area (Å²) in [4.78, 5) is 0. The molecule has 1 aromatic carbocycles. The summed E-state index contributed by atoms with van der Waals surface area (Å²) in [6.45, 7) is 12.1. The maximum atomic E-state index is 3.52. The highest BCUT2D eigenvalue weighted by molar-refractivity contribution is 5.25. The molecule has 0 saturated carbocycles. The van der Waals surface area contributed by atoms with Crippen molar-refractivity contribution in [3.8, 4) is 0 Å². The predicted molar refractivity (Wildman–Crippen MR) is 84.7 cm³/mol. The van der Waals surface area contributed by atoms with E-state index in [-0.39, 0.29) is 5.54 Å². The highest BCUT2D eigenvalue weighted by atomic mass is 14.9. The molecule has 19 heavy (non-hydrogen) atoms. The molecule has 2 heteroatoms. The van der Waals surface area contributed by atoms with Gasteiger partial charge in [-0.05, 0) is 77.7 Å². The molecule has 1 rings (SSSR count). The molecule has 0 spiro atoms. The van der Waals surface area contributed by atoms with Crippen LogP contribution in [0.15, 0.2) is 24.3 Å². The lowest BCUT2D eigenvalue weighted by Crippen LogP contribution is -2.37. The first-order chi connectivity index (χ1) is 8.99. The second-order valence-corrected chi connectivity index (χ2v) is 6.31. The molecule has 0 amide bonds. The number of hydrogen-bond acceptors (Lipinski definition) is 2. The van der Waals surface area contributed by atoms with E-state index in [1.165, 1.54) is 30.4 Å². The molecule has 0 aliphatic heterocycles. The fourth-order valence-corrected chi connectivity index (χ4v) is 2.10. The van der Waals surface area contributed by atoms with Crippen molar-refractivity contribution in [2.24, 2.45) is 0 Å². The van der Waals surface area contributed by atoms with Crippen LogP contribution in [-0.2, 0) is 6.42 Å². The van der Waals surface area contributed by atoms with Gasteiger partial charge in [0.1, 0.15) is 0 Å². The second kappa shape index (κ2) is 8.34. The molecule has 0 saturated heterocycles. The summed E-state index contributed by atoms with van der Waals surface area (Å²) in [5.74, 6) is 0. The number of hydrogen-bond donors (Lipinski definition) is 2. The van der Waals surface area contributed by atoms with Crippen LogP contribution in [-0.4, -0.2) is 25.2 Å². The summed E-state index contributed by atoms with van der Waals surface area (Å²) >= 11 is 0. The Kier molecular flexibility index (Phi) is 7.11. The first kappa shape index (κ1) is 16.2. The lowest BCUT2D eigenvalue weighted by Gasteiger charge is -2.20. The van der Waals surface area contributed by atoms with Crippen molar-refractivity contribution in [3.63, 3.8) is 0 Å². The summed E-state index contributed by atoms with van der Waals surface area (Å²) in [6, 6.07) is 8.68. The van der Waals surface area contributed by atoms with E-state index in [0.717, 1.165) is 19.6 Å². The number of benzene rings is 1. The Balaban J connectivity index is 1.99. The van der Waals surface area contributed by atoms with Crippen molar-refractivity contribution in [1.29, 1.82) is 0 Å². The molecule has 0 aliphatic rings. The van der Waals surface area contributed by atoms with Gasteiger partial charge in [0.05, 0.1) is 0 Å². The van der Waals surface area contributed by atoms with Crippen LogP contribution in [0.3, 0.4) is 0 Å². The number of rotatable bonds is 8. The van der Waals surface area contributed by atoms with E-state index in [2.05, 4.69) is 62.6 Å². The third-order valence-corrected chi connectivity index (χ3v) is 3.25. The minimum Gasteiger partial charge on any atom is -0.317 e. The predicted octanol–water partition coefficient (Wildman–Crippen LogP) is 3.30. The van der Waals surface area contributed by atoms with Gasteiger partial charge >= 0.3 is 0 Å². The summed E-state index contributed by atoms with van der Waals surface area (Å²) < 4.78 is 0. The van der Waals surface area contributed by atoms with Gasteiger partial charge in [-0.1, -0.05) is 24.3 Å². The fraction of sp³-hybridized carbons (Fsp3) is 0.647. The number of aryl methyl sites for hydroxylation is 2. The summed E-state index contributed by atoms with van der Waals surface area (Å²) in [5.41, 5.74) is 3.14. The minimum atomic E-state index is 0.241. The fourth-order valence-electron chi connectivity index (χ4n) is 2.10. The Hall–Kier alpha value is -0.860. The Bertz CT molecular complexity index is 353. The van der Waals surface area contributed by atoms with Gasteiger partial charge in [0.2, 0.25) is 0 Å². The summed E-state index contributed by atoms with van der Waals surface area (Å²) in [7, 11) is 0. The van der Waals surface area contributed by atoms with Crippen LogP contribution in [0.5, 0.6) is 0 Å². The average Bonchev–Trinajstić information content (AvgIpc) is 2.33. The van der Waals surface area contributed by atoms with Gasteiger partial charge in [0, 0.05) is 5.54 Å². The van der Waals surface area contributed by atoms with Crippen LogP contribution >= 0.6 is 0 Å². The Morgan fingerprint density at radius 1 is 0.947 bits per heavy atom. The van der Waals surface area contributed by atoms with Crippen molar-refractivity contribution < 1.29 is 0 Å². The zero-order chi connectivity index (χ0) is 14.1. The van der Waals surface area contributed by atoms with Gasteiger partial charge in [-0.25, -0.2) is 0 Å². The van der Waals surface area contributed by atoms with Crippen LogP contribution in [0.4, 0.5) is 0 Å². The third kappa shape index (κ3) is 8.02. The van der Waals surface area contributed by atoms with Gasteiger partial charge in [-0.3, -0.25) is 0 Å². The highest BCUT2D eigenvalue weighted by Gasteiger charge is 2.06. The quantitative estimate of drug-likeness (QED) is 0.703. The van der Waals surface area contributed by atoms with Crippen molar-refractivity contribution in [3.05, 3.63) is 35.4 Å². The standard InChI is InChI=1S/C17H30N2/c1-15-9-5-6-10-16(15)11-7-12-18-13-8-14-19-17(2,3)4/h5-6,9-10,18-19H,7-8,11-14H2,1-4H3. The molecule has 0 aromatic heterocycles. The zero-order valence-corrected chi connectivity index (χ0v) is 13.1. The summed E-state index contributed by atoms with van der Waals surface area (Å²) in [5, 5.41) is 7.03. The zero-order valence-electron chi connectivity index (χ0n) is 13.1. The van der Waals surface area contributed by atoms with E-state index >= 15 is 0 Å². The van der Waals surface area contributed by atoms with E-state index < -0.39 is 0 Å². The van der Waals surface area contributed by atoms with Gasteiger partial charge < -0.3 is 10.6 Å². The van der Waals surface area contributed by atoms with Crippen molar-refractivity contribution in [2.45, 2.75) is 52.5 Å². The first-order valence-corrected chi connectivity index (χ1v) is 7.49. The Morgan fingerprint density at radius 2 is 1.63 bits per heavy atom. The van der Waals surface area contributed by atoms with Gasteiger partial charge in [0.25, 0.3) is 0 Å². The van der Waals surface area contributed by atoms with Gasteiger partial charge in [-0.15, -0.1) is 0 Å². The average molecular weight is 262 g/mol. The molecular formula is C17H30N2. The molecule has 0 heterocycles. The maximum Gasteiger partial charge on any atom is 0.00965 e. The smallest absolute Gasteiger partial charge is 0.00965 e. The van der Waals surface area contributed by atoms with Crippen LogP contribution in [0.25, 0.3) is 0 Å². The van der Waals surface area contributed by atoms with Crippen molar-refractivity contribution in [1.82, 2.24) is 10.6 Å². The molecule has 1 aromatic rings. The topological polar surface area (TPSA) is 24.1 Å². The third-order valence-electron chi connectivity index (χ3n) is 3.25. The molecular weight excluding hydrogens is 232 g/mol. The van der Waals surface area contributed by atoms with E-state index in [4.69, 9.17) is 0 Å². The monoisotopic (exact) mass is 262 g/mol. The lowest BCUT2D eigenvalue weighted by atomic mass is 10.0. The van der Waals surface area contributed by atoms with Crippen molar-refractivity contribution >= 4 is 0 Å². The molecule has 2 nitrogen and oxygen atoms in total. The largest absolute Gasteiger partial charge is 0.317 e. The molecule has 0 radical (unpaired) electrons. The maximum absolute atomic E-state index is 3.52. The van der Waals surface area contributed by atoms with Crippen LogP contribution in [0.1, 0.15) is 44.7 Å². The van der Waals surface area contributed by atoms with Crippen LogP contribution in [0.2, 0.25) is 0 Å². The Morgan fingerprint density at radius 3 is 2.32 bits per heavy atom. The summed E-state index contributed by atoms with van der Waals surface area (Å²) in [6.07, 6.45) is 3.60. The molecule has 0 fully saturated rings. The Labute approximate surface area is 119 Å². The van der Waals surface area contributed by atoms with E-state index in [1.54, 1.807) is 0 Å². The molecule has 0 aliphatic carbocycles. The normalized spacial score (nSPS) is 11.8.